The standard InChI is InChI=1S/C16H18N4S/c1-3-14(15-8-5-9-21-15)18-13-7-4-6-12(10-13)16-17-11(2)19-20-16/h4-10,14,18H,3H2,1-2H3,(H,17,19,20). The van der Waals surface area contributed by atoms with Crippen molar-refractivity contribution in [2.75, 3.05) is 5.32 Å². The van der Waals surface area contributed by atoms with Crippen molar-refractivity contribution in [3.8, 4) is 11.4 Å². The molecule has 2 heterocycles. The molecule has 4 nitrogen and oxygen atoms in total. The largest absolute Gasteiger partial charge is 0.377 e. The topological polar surface area (TPSA) is 53.6 Å². The molecule has 1 unspecified atom stereocenters. The number of H-pyrrole nitrogens is 1. The molecule has 0 spiro atoms. The minimum atomic E-state index is 0.342. The van der Waals surface area contributed by atoms with Crippen LogP contribution in [-0.2, 0) is 0 Å². The molecule has 2 aromatic heterocycles. The van der Waals surface area contributed by atoms with E-state index in [1.54, 1.807) is 11.3 Å². The molecule has 0 aliphatic heterocycles. The number of aryl methyl sites for hydroxylation is 1. The van der Waals surface area contributed by atoms with Crippen molar-refractivity contribution in [2.45, 2.75) is 26.3 Å². The highest BCUT2D eigenvalue weighted by molar-refractivity contribution is 7.10. The van der Waals surface area contributed by atoms with Crippen LogP contribution < -0.4 is 5.32 Å². The minimum Gasteiger partial charge on any atom is -0.377 e. The fourth-order valence-corrected chi connectivity index (χ4v) is 3.15. The van der Waals surface area contributed by atoms with E-state index in [2.05, 4.69) is 57.1 Å². The number of hydrogen-bond acceptors (Lipinski definition) is 4. The van der Waals surface area contributed by atoms with Gasteiger partial charge in [0.1, 0.15) is 5.82 Å². The van der Waals surface area contributed by atoms with Crippen LogP contribution in [0.1, 0.15) is 30.1 Å². The average Bonchev–Trinajstić information content (AvgIpc) is 3.16. The first kappa shape index (κ1) is 13.8. The Bertz CT molecular complexity index is 703. The summed E-state index contributed by atoms with van der Waals surface area (Å²) in [4.78, 5) is 5.74. The number of aromatic nitrogens is 3. The highest BCUT2D eigenvalue weighted by Crippen LogP contribution is 2.27. The molecule has 3 aromatic rings. The lowest BCUT2D eigenvalue weighted by Crippen LogP contribution is -2.07. The Kier molecular flexibility index (Phi) is 4.01. The second-order valence-corrected chi connectivity index (χ2v) is 5.93. The molecule has 1 aromatic carbocycles. The molecule has 0 fully saturated rings. The van der Waals surface area contributed by atoms with Crippen molar-refractivity contribution in [1.29, 1.82) is 0 Å². The van der Waals surface area contributed by atoms with Crippen LogP contribution >= 0.6 is 11.3 Å². The number of nitrogens with one attached hydrogen (secondary N) is 2. The maximum atomic E-state index is 4.38. The van der Waals surface area contributed by atoms with E-state index in [4.69, 9.17) is 0 Å². The number of benzene rings is 1. The fourth-order valence-electron chi connectivity index (χ4n) is 2.28. The highest BCUT2D eigenvalue weighted by atomic mass is 32.1. The maximum absolute atomic E-state index is 4.38. The summed E-state index contributed by atoms with van der Waals surface area (Å²) in [5.41, 5.74) is 2.11. The molecule has 0 aliphatic carbocycles. The summed E-state index contributed by atoms with van der Waals surface area (Å²) in [6, 6.07) is 12.8. The van der Waals surface area contributed by atoms with Gasteiger partial charge in [-0.2, -0.15) is 5.10 Å². The van der Waals surface area contributed by atoms with Gasteiger partial charge in [0.15, 0.2) is 5.82 Å². The van der Waals surface area contributed by atoms with Gasteiger partial charge in [0.05, 0.1) is 6.04 Å². The van der Waals surface area contributed by atoms with Gasteiger partial charge < -0.3 is 5.32 Å². The Hall–Kier alpha value is -2.14. The number of hydrogen-bond donors (Lipinski definition) is 2. The number of aromatic amines is 1. The number of thiophene rings is 1. The third-order valence-electron chi connectivity index (χ3n) is 3.35. The number of nitrogens with zero attached hydrogens (tertiary/aromatic N) is 2. The first-order valence-corrected chi connectivity index (χ1v) is 7.93. The van der Waals surface area contributed by atoms with Crippen molar-refractivity contribution in [3.63, 3.8) is 0 Å². The van der Waals surface area contributed by atoms with Gasteiger partial charge in [-0.05, 0) is 36.9 Å². The molecule has 0 saturated heterocycles. The SMILES string of the molecule is CCC(Nc1cccc(-c2n[nH]c(C)n2)c1)c1cccs1. The Labute approximate surface area is 128 Å². The summed E-state index contributed by atoms with van der Waals surface area (Å²) in [6.45, 7) is 4.10. The quantitative estimate of drug-likeness (QED) is 0.734. The Morgan fingerprint density at radius 3 is 2.86 bits per heavy atom. The predicted octanol–water partition coefficient (Wildman–Crippen LogP) is 4.40. The van der Waals surface area contributed by atoms with E-state index in [-0.39, 0.29) is 0 Å². The predicted molar refractivity (Wildman–Crippen MR) is 87.5 cm³/mol. The summed E-state index contributed by atoms with van der Waals surface area (Å²) in [5.74, 6) is 1.56. The van der Waals surface area contributed by atoms with E-state index < -0.39 is 0 Å². The normalized spacial score (nSPS) is 12.3. The highest BCUT2D eigenvalue weighted by Gasteiger charge is 2.11. The Morgan fingerprint density at radius 1 is 1.29 bits per heavy atom. The molecule has 0 bridgehead atoms. The zero-order valence-electron chi connectivity index (χ0n) is 12.1. The lowest BCUT2D eigenvalue weighted by molar-refractivity contribution is 0.764. The third kappa shape index (κ3) is 3.13. The van der Waals surface area contributed by atoms with Crippen LogP contribution in [0, 0.1) is 6.92 Å². The number of rotatable bonds is 5. The Morgan fingerprint density at radius 2 is 2.19 bits per heavy atom. The molecular formula is C16H18N4S. The van der Waals surface area contributed by atoms with Gasteiger partial charge in [-0.15, -0.1) is 11.3 Å². The molecule has 21 heavy (non-hydrogen) atoms. The monoisotopic (exact) mass is 298 g/mol. The molecule has 3 rings (SSSR count). The first-order chi connectivity index (χ1) is 10.3. The van der Waals surface area contributed by atoms with Gasteiger partial charge in [0, 0.05) is 16.1 Å². The second kappa shape index (κ2) is 6.10. The molecular weight excluding hydrogens is 280 g/mol. The Balaban J connectivity index is 1.83. The molecule has 0 saturated carbocycles. The summed E-state index contributed by atoms with van der Waals surface area (Å²) in [6.07, 6.45) is 1.05. The zero-order chi connectivity index (χ0) is 14.7. The summed E-state index contributed by atoms with van der Waals surface area (Å²) < 4.78 is 0. The van der Waals surface area contributed by atoms with Gasteiger partial charge in [0.25, 0.3) is 0 Å². The van der Waals surface area contributed by atoms with Crippen LogP contribution in [0.5, 0.6) is 0 Å². The van der Waals surface area contributed by atoms with Crippen molar-refractivity contribution >= 4 is 17.0 Å². The maximum Gasteiger partial charge on any atom is 0.181 e. The smallest absolute Gasteiger partial charge is 0.181 e. The van der Waals surface area contributed by atoms with E-state index in [0.29, 0.717) is 6.04 Å². The van der Waals surface area contributed by atoms with E-state index in [1.165, 1.54) is 4.88 Å². The van der Waals surface area contributed by atoms with Crippen molar-refractivity contribution in [3.05, 3.63) is 52.5 Å². The molecule has 1 atom stereocenters. The van der Waals surface area contributed by atoms with Crippen LogP contribution in [0.15, 0.2) is 41.8 Å². The second-order valence-electron chi connectivity index (χ2n) is 4.95. The molecule has 108 valence electrons. The van der Waals surface area contributed by atoms with Crippen LogP contribution in [-0.4, -0.2) is 15.2 Å². The van der Waals surface area contributed by atoms with Gasteiger partial charge >= 0.3 is 0 Å². The lowest BCUT2D eigenvalue weighted by atomic mass is 10.1. The van der Waals surface area contributed by atoms with Crippen LogP contribution in [0.25, 0.3) is 11.4 Å². The van der Waals surface area contributed by atoms with Crippen LogP contribution in [0.2, 0.25) is 0 Å². The molecule has 0 radical (unpaired) electrons. The van der Waals surface area contributed by atoms with Crippen molar-refractivity contribution in [1.82, 2.24) is 15.2 Å². The molecule has 0 amide bonds. The van der Waals surface area contributed by atoms with Crippen LogP contribution in [0.3, 0.4) is 0 Å². The summed E-state index contributed by atoms with van der Waals surface area (Å²) in [5, 5.41) is 12.8. The van der Waals surface area contributed by atoms with E-state index in [0.717, 1.165) is 29.3 Å². The van der Waals surface area contributed by atoms with E-state index in [1.807, 2.05) is 19.1 Å². The summed E-state index contributed by atoms with van der Waals surface area (Å²) in [7, 11) is 0. The molecule has 0 aliphatic rings. The van der Waals surface area contributed by atoms with E-state index in [9.17, 15) is 0 Å². The zero-order valence-corrected chi connectivity index (χ0v) is 12.9. The first-order valence-electron chi connectivity index (χ1n) is 7.05. The molecule has 5 heteroatoms. The van der Waals surface area contributed by atoms with Gasteiger partial charge in [-0.1, -0.05) is 25.1 Å². The van der Waals surface area contributed by atoms with E-state index >= 15 is 0 Å². The van der Waals surface area contributed by atoms with Crippen molar-refractivity contribution in [2.24, 2.45) is 0 Å². The summed E-state index contributed by atoms with van der Waals surface area (Å²) >= 11 is 1.79. The van der Waals surface area contributed by atoms with Gasteiger partial charge in [-0.3, -0.25) is 5.10 Å². The molecule has 2 N–H and O–H groups in total. The third-order valence-corrected chi connectivity index (χ3v) is 4.34. The van der Waals surface area contributed by atoms with Crippen molar-refractivity contribution < 1.29 is 0 Å². The number of anilines is 1. The van der Waals surface area contributed by atoms with Crippen LogP contribution in [0.4, 0.5) is 5.69 Å². The lowest BCUT2D eigenvalue weighted by Gasteiger charge is -2.17. The fraction of sp³-hybridized carbons (Fsp3) is 0.250. The average molecular weight is 298 g/mol. The minimum absolute atomic E-state index is 0.342. The van der Waals surface area contributed by atoms with Gasteiger partial charge in [0.2, 0.25) is 0 Å². The van der Waals surface area contributed by atoms with Gasteiger partial charge in [-0.25, -0.2) is 4.98 Å².